The monoisotopic (exact) mass is 241 g/mol. The minimum Gasteiger partial charge on any atom is -0.349 e. The summed E-state index contributed by atoms with van der Waals surface area (Å²) in [6.45, 7) is 11.9. The second kappa shape index (κ2) is 5.19. The van der Waals surface area contributed by atoms with E-state index in [0.29, 0.717) is 0 Å². The molecule has 0 aliphatic heterocycles. The minimum atomic E-state index is -0.520. The van der Waals surface area contributed by atoms with Crippen LogP contribution in [0.1, 0.15) is 41.5 Å². The van der Waals surface area contributed by atoms with Gasteiger partial charge in [0, 0.05) is 25.4 Å². The van der Waals surface area contributed by atoms with Gasteiger partial charge in [-0.05, 0) is 11.3 Å². The summed E-state index contributed by atoms with van der Waals surface area (Å²) in [6, 6.07) is 0. The van der Waals surface area contributed by atoms with E-state index in [2.05, 4.69) is 0 Å². The molecule has 0 radical (unpaired) electrons. The third kappa shape index (κ3) is 3.08. The standard InChI is InChI=1S/C14H27NO2/c1-10(2)11(12(17)15(7)8)14(5,6)13(3,4)9-16/h9-11H,1-8H3. The summed E-state index contributed by atoms with van der Waals surface area (Å²) in [5.41, 5.74) is -0.891. The molecule has 0 N–H and O–H groups in total. The van der Waals surface area contributed by atoms with E-state index < -0.39 is 5.41 Å². The highest BCUT2D eigenvalue weighted by Crippen LogP contribution is 2.46. The quantitative estimate of drug-likeness (QED) is 0.694. The smallest absolute Gasteiger partial charge is 0.225 e. The molecule has 0 saturated heterocycles. The van der Waals surface area contributed by atoms with Gasteiger partial charge in [0.25, 0.3) is 0 Å². The first kappa shape index (κ1) is 16.1. The number of amides is 1. The van der Waals surface area contributed by atoms with Crippen LogP contribution in [0.25, 0.3) is 0 Å². The SMILES string of the molecule is CC(C)C(C(=O)N(C)C)C(C)(C)C(C)(C)C=O. The fourth-order valence-corrected chi connectivity index (χ4v) is 2.26. The lowest BCUT2D eigenvalue weighted by atomic mass is 9.58. The number of hydrogen-bond acceptors (Lipinski definition) is 2. The molecule has 0 fully saturated rings. The van der Waals surface area contributed by atoms with Crippen molar-refractivity contribution in [2.45, 2.75) is 41.5 Å². The first-order chi connectivity index (χ1) is 7.49. The maximum atomic E-state index is 12.3. The van der Waals surface area contributed by atoms with Gasteiger partial charge in [-0.1, -0.05) is 41.5 Å². The van der Waals surface area contributed by atoms with Crippen LogP contribution < -0.4 is 0 Å². The average Bonchev–Trinajstić information content (AvgIpc) is 2.16. The normalized spacial score (nSPS) is 14.6. The third-order valence-corrected chi connectivity index (χ3v) is 4.11. The molecule has 3 heteroatoms. The molecule has 0 aliphatic rings. The van der Waals surface area contributed by atoms with Gasteiger partial charge < -0.3 is 9.69 Å². The number of carbonyl (C=O) groups is 2. The van der Waals surface area contributed by atoms with Gasteiger partial charge in [0.2, 0.25) is 5.91 Å². The lowest BCUT2D eigenvalue weighted by molar-refractivity contribution is -0.145. The largest absolute Gasteiger partial charge is 0.349 e. The second-order valence-corrected chi connectivity index (χ2v) is 6.52. The molecule has 0 aromatic carbocycles. The van der Waals surface area contributed by atoms with Crippen LogP contribution in [0.15, 0.2) is 0 Å². The Morgan fingerprint density at radius 1 is 1.12 bits per heavy atom. The van der Waals surface area contributed by atoms with Crippen molar-refractivity contribution in [3.05, 3.63) is 0 Å². The summed E-state index contributed by atoms with van der Waals surface area (Å²) in [5, 5.41) is 0. The predicted molar refractivity (Wildman–Crippen MR) is 70.6 cm³/mol. The molecular weight excluding hydrogens is 214 g/mol. The van der Waals surface area contributed by atoms with E-state index >= 15 is 0 Å². The molecule has 0 aromatic rings. The first-order valence-electron chi connectivity index (χ1n) is 6.16. The van der Waals surface area contributed by atoms with Crippen LogP contribution in [-0.2, 0) is 9.59 Å². The van der Waals surface area contributed by atoms with Crippen LogP contribution in [0.2, 0.25) is 0 Å². The Labute approximate surface area is 106 Å². The second-order valence-electron chi connectivity index (χ2n) is 6.52. The Hall–Kier alpha value is -0.860. The molecule has 0 aromatic heterocycles. The molecule has 1 atom stereocenters. The molecule has 1 unspecified atom stereocenters. The summed E-state index contributed by atoms with van der Waals surface area (Å²) < 4.78 is 0. The first-order valence-corrected chi connectivity index (χ1v) is 6.16. The Morgan fingerprint density at radius 3 is 1.76 bits per heavy atom. The van der Waals surface area contributed by atoms with Gasteiger partial charge >= 0.3 is 0 Å². The highest BCUT2D eigenvalue weighted by Gasteiger charge is 2.47. The fraction of sp³-hybridized carbons (Fsp3) is 0.857. The maximum absolute atomic E-state index is 12.3. The van der Waals surface area contributed by atoms with Gasteiger partial charge in [0.1, 0.15) is 6.29 Å². The van der Waals surface area contributed by atoms with Crippen molar-refractivity contribution in [2.75, 3.05) is 14.1 Å². The zero-order valence-corrected chi connectivity index (χ0v) is 12.5. The summed E-state index contributed by atoms with van der Waals surface area (Å²) in [6.07, 6.45) is 0.964. The van der Waals surface area contributed by atoms with Crippen molar-refractivity contribution in [2.24, 2.45) is 22.7 Å². The molecular formula is C14H27NO2. The van der Waals surface area contributed by atoms with Crippen molar-refractivity contribution in [3.8, 4) is 0 Å². The number of nitrogens with zero attached hydrogens (tertiary/aromatic N) is 1. The van der Waals surface area contributed by atoms with Crippen LogP contribution in [0.5, 0.6) is 0 Å². The van der Waals surface area contributed by atoms with Gasteiger partial charge in [-0.2, -0.15) is 0 Å². The molecule has 1 amide bonds. The van der Waals surface area contributed by atoms with Gasteiger partial charge in [-0.25, -0.2) is 0 Å². The fourth-order valence-electron chi connectivity index (χ4n) is 2.26. The van der Waals surface area contributed by atoms with E-state index in [9.17, 15) is 9.59 Å². The van der Waals surface area contributed by atoms with Crippen molar-refractivity contribution in [1.82, 2.24) is 4.90 Å². The number of carbonyl (C=O) groups excluding carboxylic acids is 2. The van der Waals surface area contributed by atoms with Crippen LogP contribution >= 0.6 is 0 Å². The predicted octanol–water partition coefficient (Wildman–Crippen LogP) is 2.60. The van der Waals surface area contributed by atoms with Crippen LogP contribution in [0, 0.1) is 22.7 Å². The molecule has 17 heavy (non-hydrogen) atoms. The van der Waals surface area contributed by atoms with Crippen LogP contribution in [-0.4, -0.2) is 31.2 Å². The van der Waals surface area contributed by atoms with E-state index in [0.717, 1.165) is 6.29 Å². The molecule has 0 aliphatic carbocycles. The van der Waals surface area contributed by atoms with E-state index in [1.807, 2.05) is 41.5 Å². The lowest BCUT2D eigenvalue weighted by Gasteiger charge is -2.45. The molecule has 0 rings (SSSR count). The highest BCUT2D eigenvalue weighted by molar-refractivity contribution is 5.80. The average molecular weight is 241 g/mol. The highest BCUT2D eigenvalue weighted by atomic mass is 16.2. The third-order valence-electron chi connectivity index (χ3n) is 4.11. The molecule has 0 spiro atoms. The van der Waals surface area contributed by atoms with Gasteiger partial charge in [0.15, 0.2) is 0 Å². The number of rotatable bonds is 5. The molecule has 3 nitrogen and oxygen atoms in total. The van der Waals surface area contributed by atoms with E-state index in [1.54, 1.807) is 19.0 Å². The van der Waals surface area contributed by atoms with Crippen LogP contribution in [0.4, 0.5) is 0 Å². The summed E-state index contributed by atoms with van der Waals surface area (Å²) in [7, 11) is 3.53. The zero-order chi connectivity index (χ0) is 14.0. The summed E-state index contributed by atoms with van der Waals surface area (Å²) in [4.78, 5) is 25.2. The molecule has 0 bridgehead atoms. The Balaban J connectivity index is 5.48. The Morgan fingerprint density at radius 2 is 1.53 bits per heavy atom. The van der Waals surface area contributed by atoms with E-state index in [4.69, 9.17) is 0 Å². The van der Waals surface area contributed by atoms with Gasteiger partial charge in [-0.15, -0.1) is 0 Å². The maximum Gasteiger partial charge on any atom is 0.225 e. The summed E-state index contributed by atoms with van der Waals surface area (Å²) in [5.74, 6) is 0.150. The zero-order valence-electron chi connectivity index (χ0n) is 12.5. The van der Waals surface area contributed by atoms with E-state index in [-0.39, 0.29) is 23.2 Å². The van der Waals surface area contributed by atoms with Crippen molar-refractivity contribution in [1.29, 1.82) is 0 Å². The van der Waals surface area contributed by atoms with Crippen molar-refractivity contribution >= 4 is 12.2 Å². The molecule has 0 heterocycles. The Bertz CT molecular complexity index is 291. The topological polar surface area (TPSA) is 37.4 Å². The molecule has 100 valence electrons. The van der Waals surface area contributed by atoms with E-state index in [1.165, 1.54) is 0 Å². The lowest BCUT2D eigenvalue weighted by Crippen LogP contribution is -2.49. The van der Waals surface area contributed by atoms with Gasteiger partial charge in [0.05, 0.1) is 0 Å². The minimum absolute atomic E-state index is 0.0972. The van der Waals surface area contributed by atoms with Gasteiger partial charge in [-0.3, -0.25) is 4.79 Å². The number of hydrogen-bond donors (Lipinski definition) is 0. The molecule has 0 saturated carbocycles. The Kier molecular flexibility index (Phi) is 4.93. The summed E-state index contributed by atoms with van der Waals surface area (Å²) >= 11 is 0. The van der Waals surface area contributed by atoms with Crippen molar-refractivity contribution < 1.29 is 9.59 Å². The van der Waals surface area contributed by atoms with Crippen molar-refractivity contribution in [3.63, 3.8) is 0 Å². The van der Waals surface area contributed by atoms with Crippen LogP contribution in [0.3, 0.4) is 0 Å². The number of aldehydes is 1.